The number of hydrogen-bond acceptors (Lipinski definition) is 4. The molecule has 2 aromatic heterocycles. The fraction of sp³-hybridized carbons (Fsp3) is 0.444. The van der Waals surface area contributed by atoms with Crippen LogP contribution in [0.1, 0.15) is 20.8 Å². The second kappa shape index (κ2) is 3.30. The Bertz CT molecular complexity index is 503. The summed E-state index contributed by atoms with van der Waals surface area (Å²) in [6, 6.07) is 1.76. The van der Waals surface area contributed by atoms with Crippen molar-refractivity contribution in [2.24, 2.45) is 0 Å². The summed E-state index contributed by atoms with van der Waals surface area (Å²) in [5.41, 5.74) is 0.538. The van der Waals surface area contributed by atoms with E-state index in [0.29, 0.717) is 16.3 Å². The molecule has 0 saturated carbocycles. The van der Waals surface area contributed by atoms with E-state index in [-0.39, 0.29) is 5.54 Å². The highest BCUT2D eigenvalue weighted by atomic mass is 32.1. The van der Waals surface area contributed by atoms with Crippen LogP contribution < -0.4 is 0 Å². The van der Waals surface area contributed by atoms with Gasteiger partial charge in [0.1, 0.15) is 6.26 Å². The van der Waals surface area contributed by atoms with Crippen LogP contribution in [0.3, 0.4) is 0 Å². The normalized spacial score (nSPS) is 11.9. The van der Waals surface area contributed by atoms with E-state index in [4.69, 9.17) is 16.7 Å². The zero-order chi connectivity index (χ0) is 11.1. The topological polar surface area (TPSA) is 59.6 Å². The fourth-order valence-corrected chi connectivity index (χ4v) is 1.82. The Hall–Kier alpha value is -1.43. The minimum atomic E-state index is -0.141. The molecule has 0 aliphatic rings. The highest BCUT2D eigenvalue weighted by molar-refractivity contribution is 7.71. The summed E-state index contributed by atoms with van der Waals surface area (Å²) in [5, 5.41) is 10.8. The molecule has 0 saturated heterocycles. The molecule has 2 rings (SSSR count). The summed E-state index contributed by atoms with van der Waals surface area (Å²) in [5.74, 6) is 0.696. The molecule has 80 valence electrons. The van der Waals surface area contributed by atoms with Gasteiger partial charge in [-0.25, -0.2) is 0 Å². The number of aromatic amines is 1. The van der Waals surface area contributed by atoms with E-state index >= 15 is 0 Å². The van der Waals surface area contributed by atoms with Gasteiger partial charge in [-0.3, -0.25) is 9.67 Å². The minimum absolute atomic E-state index is 0.141. The molecule has 1 N–H and O–H groups in total. The number of nitrogens with one attached hydrogen (secondary N) is 1. The summed E-state index contributed by atoms with van der Waals surface area (Å²) < 4.78 is 7.30. The lowest BCUT2D eigenvalue weighted by Crippen LogP contribution is -2.23. The molecule has 0 amide bonds. The third-order valence-electron chi connectivity index (χ3n) is 2.01. The zero-order valence-electron chi connectivity index (χ0n) is 8.81. The molecule has 0 fully saturated rings. The van der Waals surface area contributed by atoms with Gasteiger partial charge in [-0.2, -0.15) is 5.10 Å². The van der Waals surface area contributed by atoms with Crippen molar-refractivity contribution in [3.05, 3.63) is 17.1 Å². The van der Waals surface area contributed by atoms with Crippen molar-refractivity contribution in [1.82, 2.24) is 19.9 Å². The lowest BCUT2D eigenvalue weighted by molar-refractivity contribution is 0.391. The molecule has 0 radical (unpaired) electrons. The SMILES string of the molecule is CC(C)(C)n1c(-c2ccon2)n[nH]c1=S. The first-order valence-electron chi connectivity index (χ1n) is 4.59. The molecule has 0 unspecified atom stereocenters. The maximum absolute atomic E-state index is 5.18. The van der Waals surface area contributed by atoms with Crippen molar-refractivity contribution in [2.45, 2.75) is 26.3 Å². The Kier molecular flexibility index (Phi) is 2.22. The molecule has 6 heteroatoms. The van der Waals surface area contributed by atoms with Gasteiger partial charge in [0.15, 0.2) is 16.3 Å². The summed E-state index contributed by atoms with van der Waals surface area (Å²) in [7, 11) is 0. The second-order valence-electron chi connectivity index (χ2n) is 4.24. The highest BCUT2D eigenvalue weighted by Gasteiger charge is 2.21. The molecule has 0 spiro atoms. The van der Waals surface area contributed by atoms with Crippen LogP contribution in [-0.4, -0.2) is 19.9 Å². The number of rotatable bonds is 1. The van der Waals surface area contributed by atoms with Crippen LogP contribution in [0.15, 0.2) is 16.9 Å². The Morgan fingerprint density at radius 2 is 2.20 bits per heavy atom. The van der Waals surface area contributed by atoms with Crippen LogP contribution in [0.2, 0.25) is 0 Å². The molecular weight excluding hydrogens is 212 g/mol. The monoisotopic (exact) mass is 224 g/mol. The van der Waals surface area contributed by atoms with Crippen LogP contribution in [0.5, 0.6) is 0 Å². The average Bonchev–Trinajstić information content (AvgIpc) is 2.68. The molecule has 0 bridgehead atoms. The van der Waals surface area contributed by atoms with E-state index in [9.17, 15) is 0 Å². The molecule has 2 aromatic rings. The smallest absolute Gasteiger partial charge is 0.195 e. The first-order valence-corrected chi connectivity index (χ1v) is 4.99. The van der Waals surface area contributed by atoms with Crippen molar-refractivity contribution < 1.29 is 4.52 Å². The number of nitrogens with zero attached hydrogens (tertiary/aromatic N) is 3. The van der Waals surface area contributed by atoms with Crippen molar-refractivity contribution >= 4 is 12.2 Å². The van der Waals surface area contributed by atoms with E-state index in [1.54, 1.807) is 6.07 Å². The van der Waals surface area contributed by atoms with Crippen molar-refractivity contribution in [1.29, 1.82) is 0 Å². The Labute approximate surface area is 92.1 Å². The number of aromatic nitrogens is 4. The maximum Gasteiger partial charge on any atom is 0.195 e. The largest absolute Gasteiger partial charge is 0.364 e. The molecule has 2 heterocycles. The van der Waals surface area contributed by atoms with Gasteiger partial charge >= 0.3 is 0 Å². The predicted octanol–water partition coefficient (Wildman–Crippen LogP) is 2.35. The molecular formula is C9H12N4OS. The average molecular weight is 224 g/mol. The molecule has 0 aromatic carbocycles. The predicted molar refractivity (Wildman–Crippen MR) is 57.9 cm³/mol. The van der Waals surface area contributed by atoms with Crippen LogP contribution in [0.4, 0.5) is 0 Å². The van der Waals surface area contributed by atoms with Gasteiger partial charge in [-0.15, -0.1) is 0 Å². The standard InChI is InChI=1S/C9H12N4OS/c1-9(2,3)13-7(10-11-8(13)15)6-4-5-14-12-6/h4-5H,1-3H3,(H,11,15). The van der Waals surface area contributed by atoms with Crippen molar-refractivity contribution in [2.75, 3.05) is 0 Å². The maximum atomic E-state index is 5.18. The molecule has 0 atom stereocenters. The quantitative estimate of drug-likeness (QED) is 0.755. The third-order valence-corrected chi connectivity index (χ3v) is 2.28. The van der Waals surface area contributed by atoms with E-state index in [1.807, 2.05) is 4.57 Å². The Morgan fingerprint density at radius 1 is 1.47 bits per heavy atom. The van der Waals surface area contributed by atoms with Gasteiger partial charge in [0.2, 0.25) is 0 Å². The third kappa shape index (κ3) is 1.72. The van der Waals surface area contributed by atoms with Crippen molar-refractivity contribution in [3.63, 3.8) is 0 Å². The van der Waals surface area contributed by atoms with Crippen LogP contribution in [-0.2, 0) is 5.54 Å². The van der Waals surface area contributed by atoms with Crippen LogP contribution >= 0.6 is 12.2 Å². The molecule has 5 nitrogen and oxygen atoms in total. The molecule has 0 aliphatic carbocycles. The van der Waals surface area contributed by atoms with E-state index in [0.717, 1.165) is 0 Å². The van der Waals surface area contributed by atoms with Gasteiger partial charge in [0.25, 0.3) is 0 Å². The zero-order valence-corrected chi connectivity index (χ0v) is 9.63. The van der Waals surface area contributed by atoms with Gasteiger partial charge in [0.05, 0.1) is 0 Å². The Balaban J connectivity index is 2.65. The summed E-state index contributed by atoms with van der Waals surface area (Å²) in [6.45, 7) is 6.17. The fourth-order valence-electron chi connectivity index (χ4n) is 1.42. The van der Waals surface area contributed by atoms with Crippen LogP contribution in [0.25, 0.3) is 11.5 Å². The summed E-state index contributed by atoms with van der Waals surface area (Å²) in [6.07, 6.45) is 1.51. The first-order chi connectivity index (χ1) is 7.00. The van der Waals surface area contributed by atoms with E-state index < -0.39 is 0 Å². The Morgan fingerprint density at radius 3 is 2.73 bits per heavy atom. The van der Waals surface area contributed by atoms with Gasteiger partial charge < -0.3 is 4.52 Å². The highest BCUT2D eigenvalue weighted by Crippen LogP contribution is 2.22. The van der Waals surface area contributed by atoms with Gasteiger partial charge in [-0.1, -0.05) is 5.16 Å². The minimum Gasteiger partial charge on any atom is -0.364 e. The first kappa shape index (κ1) is 10.1. The van der Waals surface area contributed by atoms with E-state index in [1.165, 1.54) is 6.26 Å². The lowest BCUT2D eigenvalue weighted by Gasteiger charge is -2.21. The second-order valence-corrected chi connectivity index (χ2v) is 4.63. The molecule has 0 aliphatic heterocycles. The number of H-pyrrole nitrogens is 1. The molecule has 15 heavy (non-hydrogen) atoms. The summed E-state index contributed by atoms with van der Waals surface area (Å²) in [4.78, 5) is 0. The van der Waals surface area contributed by atoms with Crippen LogP contribution in [0, 0.1) is 4.77 Å². The van der Waals surface area contributed by atoms with E-state index in [2.05, 4.69) is 36.1 Å². The van der Waals surface area contributed by atoms with Crippen molar-refractivity contribution in [3.8, 4) is 11.5 Å². The van der Waals surface area contributed by atoms with Gasteiger partial charge in [-0.05, 0) is 33.0 Å². The number of hydrogen-bond donors (Lipinski definition) is 1. The van der Waals surface area contributed by atoms with Gasteiger partial charge in [0, 0.05) is 11.6 Å². The summed E-state index contributed by atoms with van der Waals surface area (Å²) >= 11 is 5.18. The lowest BCUT2D eigenvalue weighted by atomic mass is 10.1.